The lowest BCUT2D eigenvalue weighted by molar-refractivity contribution is -0.140. The van der Waals surface area contributed by atoms with Gasteiger partial charge in [0.05, 0.1) is 6.42 Å². The highest BCUT2D eigenvalue weighted by Gasteiger charge is 2.30. The van der Waals surface area contributed by atoms with Crippen LogP contribution in [0.25, 0.3) is 0 Å². The number of amides is 6. The molecule has 0 radical (unpaired) electrons. The Morgan fingerprint density at radius 1 is 0.625 bits per heavy atom. The van der Waals surface area contributed by atoms with Gasteiger partial charge in [0.25, 0.3) is 0 Å². The number of carbonyl (C=O) groups is 7. The summed E-state index contributed by atoms with van der Waals surface area (Å²) in [5, 5.41) is 18.5. The SMILES string of the molecule is NC(=O)[C@H](CC(=O)O)NC(=O)CC(=O)N[C@@H](CCCN=C(N)N)C(=O)N[C@H](Cc1ccccc1)C(=O)N[C@@H](CCCN=C(N)N)C(N)=O. The number of nitrogens with one attached hydrogen (secondary N) is 4. The van der Waals surface area contributed by atoms with Crippen LogP contribution < -0.4 is 55.7 Å². The minimum Gasteiger partial charge on any atom is -0.481 e. The molecule has 0 aliphatic heterocycles. The summed E-state index contributed by atoms with van der Waals surface area (Å²) in [4.78, 5) is 94.3. The Bertz CT molecular complexity index is 1350. The lowest BCUT2D eigenvalue weighted by atomic mass is 10.0. The molecule has 0 fully saturated rings. The zero-order valence-corrected chi connectivity index (χ0v) is 26.2. The molecule has 17 N–H and O–H groups in total. The van der Waals surface area contributed by atoms with E-state index in [2.05, 4.69) is 31.3 Å². The van der Waals surface area contributed by atoms with Gasteiger partial charge in [-0.15, -0.1) is 0 Å². The normalized spacial score (nSPS) is 12.9. The van der Waals surface area contributed by atoms with E-state index in [0.717, 1.165) is 0 Å². The van der Waals surface area contributed by atoms with E-state index in [1.807, 2.05) is 0 Å². The molecule has 0 spiro atoms. The second-order valence-electron chi connectivity index (χ2n) is 10.5. The number of benzene rings is 1. The summed E-state index contributed by atoms with van der Waals surface area (Å²) in [5.41, 5.74) is 32.6. The van der Waals surface area contributed by atoms with Crippen LogP contribution in [0.2, 0.25) is 0 Å². The summed E-state index contributed by atoms with van der Waals surface area (Å²) >= 11 is 0. The minimum atomic E-state index is -1.57. The third-order valence-corrected chi connectivity index (χ3v) is 6.50. The fraction of sp³-hybridized carbons (Fsp3) is 0.464. The molecule has 0 aliphatic rings. The van der Waals surface area contributed by atoms with Crippen molar-refractivity contribution in [2.75, 3.05) is 13.1 Å². The fourth-order valence-corrected chi connectivity index (χ4v) is 4.20. The molecule has 1 aromatic carbocycles. The Morgan fingerprint density at radius 2 is 1.08 bits per heavy atom. The van der Waals surface area contributed by atoms with Crippen LogP contribution in [0.3, 0.4) is 0 Å². The summed E-state index contributed by atoms with van der Waals surface area (Å²) in [6, 6.07) is 3.35. The maximum absolute atomic E-state index is 13.5. The van der Waals surface area contributed by atoms with E-state index in [1.165, 1.54) is 0 Å². The number of carboxylic acid groups (broad SMARTS) is 1. The van der Waals surface area contributed by atoms with Crippen LogP contribution in [0.4, 0.5) is 0 Å². The fourth-order valence-electron chi connectivity index (χ4n) is 4.20. The van der Waals surface area contributed by atoms with E-state index < -0.39 is 78.4 Å². The highest BCUT2D eigenvalue weighted by molar-refractivity contribution is 6.01. The van der Waals surface area contributed by atoms with Crippen molar-refractivity contribution in [1.82, 2.24) is 21.3 Å². The first-order valence-electron chi connectivity index (χ1n) is 14.7. The Kier molecular flexibility index (Phi) is 17.5. The number of primary amides is 2. The molecular formula is C28H44N12O8. The molecule has 6 amide bonds. The Labute approximate surface area is 275 Å². The number of hydrogen-bond donors (Lipinski definition) is 11. The number of guanidine groups is 2. The first-order chi connectivity index (χ1) is 22.6. The molecule has 0 unspecified atom stereocenters. The van der Waals surface area contributed by atoms with Gasteiger partial charge in [0.15, 0.2) is 11.9 Å². The van der Waals surface area contributed by atoms with Gasteiger partial charge in [0.1, 0.15) is 30.6 Å². The van der Waals surface area contributed by atoms with Crippen molar-refractivity contribution in [2.45, 2.75) is 69.1 Å². The molecule has 0 aromatic heterocycles. The zero-order chi connectivity index (χ0) is 36.2. The molecule has 0 heterocycles. The highest BCUT2D eigenvalue weighted by Crippen LogP contribution is 2.08. The molecule has 0 saturated carbocycles. The first-order valence-corrected chi connectivity index (χ1v) is 14.7. The summed E-state index contributed by atoms with van der Waals surface area (Å²) in [7, 11) is 0. The monoisotopic (exact) mass is 676 g/mol. The number of carbonyl (C=O) groups excluding carboxylic acids is 6. The number of nitrogens with two attached hydrogens (primary N) is 6. The molecule has 0 bridgehead atoms. The highest BCUT2D eigenvalue weighted by atomic mass is 16.4. The third-order valence-electron chi connectivity index (χ3n) is 6.50. The average Bonchev–Trinajstić information content (AvgIpc) is 2.99. The molecule has 264 valence electrons. The van der Waals surface area contributed by atoms with Gasteiger partial charge in [0, 0.05) is 19.5 Å². The van der Waals surface area contributed by atoms with Crippen molar-refractivity contribution < 1.29 is 38.7 Å². The molecule has 0 saturated heterocycles. The Balaban J connectivity index is 3.17. The average molecular weight is 677 g/mol. The van der Waals surface area contributed by atoms with Crippen LogP contribution >= 0.6 is 0 Å². The van der Waals surface area contributed by atoms with Crippen molar-refractivity contribution in [3.8, 4) is 0 Å². The van der Waals surface area contributed by atoms with Gasteiger partial charge < -0.3 is 60.8 Å². The van der Waals surface area contributed by atoms with Crippen LogP contribution in [-0.4, -0.2) is 95.7 Å². The van der Waals surface area contributed by atoms with Gasteiger partial charge >= 0.3 is 5.97 Å². The Morgan fingerprint density at radius 3 is 1.56 bits per heavy atom. The number of hydrogen-bond acceptors (Lipinski definition) is 9. The van der Waals surface area contributed by atoms with E-state index in [0.29, 0.717) is 12.0 Å². The smallest absolute Gasteiger partial charge is 0.305 e. The second kappa shape index (κ2) is 21.0. The lowest BCUT2D eigenvalue weighted by Crippen LogP contribution is -2.57. The molecule has 1 aromatic rings. The van der Waals surface area contributed by atoms with E-state index in [1.54, 1.807) is 30.3 Å². The van der Waals surface area contributed by atoms with E-state index in [9.17, 15) is 33.6 Å². The standard InChI is InChI=1S/C28H44N12O8/c29-23(45)16(8-4-10-35-27(31)32)39-26(48)19(12-15-6-2-1-3-7-15)40-25(47)17(9-5-11-36-28(33)34)37-20(41)14-21(42)38-18(24(30)46)13-22(43)44/h1-3,6-7,16-19H,4-5,8-14H2,(H2,29,45)(H2,30,46)(H,37,41)(H,38,42)(H,39,48)(H,40,47)(H,43,44)(H4,31,32,35)(H4,33,34,36)/t16-,17-,18-,19+/m0/s1. The summed E-state index contributed by atoms with van der Waals surface area (Å²) < 4.78 is 0. The van der Waals surface area contributed by atoms with Crippen molar-refractivity contribution in [3.63, 3.8) is 0 Å². The van der Waals surface area contributed by atoms with Gasteiger partial charge in [-0.05, 0) is 31.2 Å². The Hall–Kier alpha value is -5.95. The number of nitrogens with zero attached hydrogens (tertiary/aromatic N) is 2. The molecule has 48 heavy (non-hydrogen) atoms. The molecule has 4 atom stereocenters. The first kappa shape index (κ1) is 40.1. The van der Waals surface area contributed by atoms with Crippen LogP contribution in [0.15, 0.2) is 40.3 Å². The van der Waals surface area contributed by atoms with Crippen LogP contribution in [0.1, 0.15) is 44.1 Å². The molecule has 20 heteroatoms. The van der Waals surface area contributed by atoms with E-state index in [4.69, 9.17) is 39.5 Å². The molecule has 1 rings (SSSR count). The van der Waals surface area contributed by atoms with Crippen molar-refractivity contribution in [1.29, 1.82) is 0 Å². The molecular weight excluding hydrogens is 632 g/mol. The molecule has 0 aliphatic carbocycles. The van der Waals surface area contributed by atoms with Crippen LogP contribution in [0, 0.1) is 0 Å². The van der Waals surface area contributed by atoms with Gasteiger partial charge in [-0.1, -0.05) is 30.3 Å². The van der Waals surface area contributed by atoms with Gasteiger partial charge in [-0.2, -0.15) is 0 Å². The zero-order valence-electron chi connectivity index (χ0n) is 26.2. The van der Waals surface area contributed by atoms with E-state index in [-0.39, 0.29) is 50.7 Å². The second-order valence-corrected chi connectivity index (χ2v) is 10.5. The van der Waals surface area contributed by atoms with Gasteiger partial charge in [-0.25, -0.2) is 0 Å². The van der Waals surface area contributed by atoms with Crippen molar-refractivity contribution in [3.05, 3.63) is 35.9 Å². The van der Waals surface area contributed by atoms with Crippen LogP contribution in [0.5, 0.6) is 0 Å². The van der Waals surface area contributed by atoms with E-state index >= 15 is 0 Å². The third kappa shape index (κ3) is 16.9. The topological polar surface area (TPSA) is 369 Å². The number of aliphatic imine (C=N–C) groups is 2. The van der Waals surface area contributed by atoms with Crippen LogP contribution in [-0.2, 0) is 40.0 Å². The minimum absolute atomic E-state index is 0.0208. The quantitative estimate of drug-likeness (QED) is 0.0238. The number of aliphatic carboxylic acids is 1. The molecule has 20 nitrogen and oxygen atoms in total. The summed E-state index contributed by atoms with van der Waals surface area (Å²) in [6.45, 7) is 0.250. The summed E-state index contributed by atoms with van der Waals surface area (Å²) in [5.74, 6) is -7.29. The van der Waals surface area contributed by atoms with Crippen molar-refractivity contribution in [2.24, 2.45) is 44.4 Å². The maximum Gasteiger partial charge on any atom is 0.305 e. The number of carboxylic acids is 1. The van der Waals surface area contributed by atoms with Crippen molar-refractivity contribution >= 4 is 53.3 Å². The maximum atomic E-state index is 13.5. The van der Waals surface area contributed by atoms with Gasteiger partial charge in [-0.3, -0.25) is 43.5 Å². The predicted molar refractivity (Wildman–Crippen MR) is 173 cm³/mol. The summed E-state index contributed by atoms with van der Waals surface area (Å²) in [6.07, 6.45) is -1.19. The largest absolute Gasteiger partial charge is 0.481 e. The predicted octanol–water partition coefficient (Wildman–Crippen LogP) is -4.89. The number of rotatable bonds is 22. The van der Waals surface area contributed by atoms with Gasteiger partial charge in [0.2, 0.25) is 35.4 Å². The lowest BCUT2D eigenvalue weighted by Gasteiger charge is -2.25.